The van der Waals surface area contributed by atoms with Gasteiger partial charge in [-0.15, -0.1) is 10.2 Å². The fourth-order valence-electron chi connectivity index (χ4n) is 3.78. The van der Waals surface area contributed by atoms with Gasteiger partial charge in [0, 0.05) is 24.4 Å². The van der Waals surface area contributed by atoms with E-state index in [1.165, 1.54) is 6.26 Å². The molecule has 5 rings (SSSR count). The molecule has 2 aliphatic carbocycles. The number of hydrogen-bond donors (Lipinski definition) is 1. The zero-order valence-electron chi connectivity index (χ0n) is 17.9. The molecule has 168 valence electrons. The topological polar surface area (TPSA) is 120 Å². The maximum atomic E-state index is 12.9. The Kier molecular flexibility index (Phi) is 5.37. The number of amides is 1. The first-order chi connectivity index (χ1) is 15.9. The highest BCUT2D eigenvalue weighted by Gasteiger charge is 2.27. The second-order valence-corrected chi connectivity index (χ2v) is 10.2. The molecule has 3 aromatic rings. The number of aromatic nitrogens is 5. The van der Waals surface area contributed by atoms with Gasteiger partial charge >= 0.3 is 0 Å². The molecule has 0 radical (unpaired) electrons. The molecule has 3 aromatic heterocycles. The van der Waals surface area contributed by atoms with E-state index >= 15 is 0 Å². The number of nitrogens with one attached hydrogen (secondary N) is 1. The Hall–Kier alpha value is -3.66. The first-order valence-electron chi connectivity index (χ1n) is 10.6. The van der Waals surface area contributed by atoms with Gasteiger partial charge in [-0.2, -0.15) is 0 Å². The van der Waals surface area contributed by atoms with Crippen molar-refractivity contribution >= 4 is 21.6 Å². The van der Waals surface area contributed by atoms with Crippen LogP contribution in [0.4, 0.5) is 5.82 Å². The highest BCUT2D eigenvalue weighted by molar-refractivity contribution is 7.94. The lowest BCUT2D eigenvalue weighted by atomic mass is 9.93. The van der Waals surface area contributed by atoms with Crippen LogP contribution in [0.25, 0.3) is 11.5 Å². The molecule has 0 aliphatic heterocycles. The predicted octanol–water partition coefficient (Wildman–Crippen LogP) is 3.29. The maximum absolute atomic E-state index is 12.9. The second kappa shape index (κ2) is 8.36. The Bertz CT molecular complexity index is 1390. The molecule has 1 N–H and O–H groups in total. The molecule has 2 aliphatic rings. The SMILES string of the molecule is CS(=O)(=O)C1=CCC(c2ccnc(C(=O)Nc3cccc(-c4nncn4C4CC4)n3)c2)C=C1. The molecule has 10 heteroatoms. The van der Waals surface area contributed by atoms with Crippen molar-refractivity contribution in [1.29, 1.82) is 0 Å². The summed E-state index contributed by atoms with van der Waals surface area (Å²) in [5.74, 6) is 0.672. The smallest absolute Gasteiger partial charge is 0.275 e. The van der Waals surface area contributed by atoms with Crippen molar-refractivity contribution in [3.63, 3.8) is 0 Å². The molecule has 33 heavy (non-hydrogen) atoms. The van der Waals surface area contributed by atoms with Gasteiger partial charge < -0.3 is 9.88 Å². The Morgan fingerprint density at radius 3 is 2.79 bits per heavy atom. The molecular formula is C23H22N6O3S. The van der Waals surface area contributed by atoms with E-state index in [4.69, 9.17) is 0 Å². The van der Waals surface area contributed by atoms with Crippen LogP contribution in [0.15, 0.2) is 66.0 Å². The van der Waals surface area contributed by atoms with Gasteiger partial charge in [-0.3, -0.25) is 9.78 Å². The van der Waals surface area contributed by atoms with Crippen LogP contribution >= 0.6 is 0 Å². The Morgan fingerprint density at radius 2 is 2.06 bits per heavy atom. The lowest BCUT2D eigenvalue weighted by molar-refractivity contribution is 0.102. The number of allylic oxidation sites excluding steroid dienone is 3. The minimum absolute atomic E-state index is 0.0275. The van der Waals surface area contributed by atoms with Gasteiger partial charge in [0.25, 0.3) is 5.91 Å². The van der Waals surface area contributed by atoms with E-state index in [9.17, 15) is 13.2 Å². The fraction of sp³-hybridized carbons (Fsp3) is 0.261. The molecule has 1 amide bonds. The number of carbonyl (C=O) groups is 1. The zero-order valence-corrected chi connectivity index (χ0v) is 18.7. The Labute approximate surface area is 191 Å². The molecule has 9 nitrogen and oxygen atoms in total. The number of carbonyl (C=O) groups excluding carboxylic acids is 1. The van der Waals surface area contributed by atoms with E-state index in [1.807, 2.05) is 28.8 Å². The van der Waals surface area contributed by atoms with E-state index in [-0.39, 0.29) is 17.5 Å². The summed E-state index contributed by atoms with van der Waals surface area (Å²) in [7, 11) is -3.23. The normalized spacial score (nSPS) is 18.1. The Morgan fingerprint density at radius 1 is 1.21 bits per heavy atom. The molecule has 3 heterocycles. The van der Waals surface area contributed by atoms with Crippen LogP contribution in [0, 0.1) is 0 Å². The number of sulfone groups is 1. The van der Waals surface area contributed by atoms with Crippen LogP contribution in [0.1, 0.15) is 47.3 Å². The van der Waals surface area contributed by atoms with Crippen molar-refractivity contribution in [3.05, 3.63) is 77.2 Å². The van der Waals surface area contributed by atoms with E-state index in [0.717, 1.165) is 18.4 Å². The van der Waals surface area contributed by atoms with Gasteiger partial charge in [0.2, 0.25) is 0 Å². The van der Waals surface area contributed by atoms with Gasteiger partial charge in [-0.1, -0.05) is 18.2 Å². The van der Waals surface area contributed by atoms with E-state index < -0.39 is 9.84 Å². The van der Waals surface area contributed by atoms with E-state index in [2.05, 4.69) is 25.5 Å². The van der Waals surface area contributed by atoms with Crippen molar-refractivity contribution in [1.82, 2.24) is 24.7 Å². The van der Waals surface area contributed by atoms with Gasteiger partial charge in [0.1, 0.15) is 23.5 Å². The molecule has 1 unspecified atom stereocenters. The van der Waals surface area contributed by atoms with Crippen LogP contribution in [-0.4, -0.2) is 45.3 Å². The fourth-order valence-corrected chi connectivity index (χ4v) is 4.50. The van der Waals surface area contributed by atoms with Gasteiger partial charge in [-0.05, 0) is 55.2 Å². The van der Waals surface area contributed by atoms with Crippen molar-refractivity contribution in [2.75, 3.05) is 11.6 Å². The number of pyridine rings is 2. The minimum atomic E-state index is -3.23. The number of hydrogen-bond acceptors (Lipinski definition) is 7. The van der Waals surface area contributed by atoms with Crippen molar-refractivity contribution < 1.29 is 13.2 Å². The third kappa shape index (κ3) is 4.61. The van der Waals surface area contributed by atoms with Crippen LogP contribution in [0.5, 0.6) is 0 Å². The molecule has 0 spiro atoms. The van der Waals surface area contributed by atoms with Crippen molar-refractivity contribution in [2.24, 2.45) is 0 Å². The summed E-state index contributed by atoms with van der Waals surface area (Å²) < 4.78 is 25.4. The van der Waals surface area contributed by atoms with Crippen LogP contribution in [-0.2, 0) is 9.84 Å². The van der Waals surface area contributed by atoms with Gasteiger partial charge in [0.15, 0.2) is 15.7 Å². The lowest BCUT2D eigenvalue weighted by Crippen LogP contribution is -2.15. The summed E-state index contributed by atoms with van der Waals surface area (Å²) in [6.45, 7) is 0. The van der Waals surface area contributed by atoms with Crippen LogP contribution < -0.4 is 5.32 Å². The predicted molar refractivity (Wildman–Crippen MR) is 123 cm³/mol. The monoisotopic (exact) mass is 462 g/mol. The van der Waals surface area contributed by atoms with Crippen LogP contribution in [0.2, 0.25) is 0 Å². The maximum Gasteiger partial charge on any atom is 0.275 e. The molecular weight excluding hydrogens is 440 g/mol. The second-order valence-electron chi connectivity index (χ2n) is 8.21. The molecule has 0 bridgehead atoms. The van der Waals surface area contributed by atoms with E-state index in [0.29, 0.717) is 34.7 Å². The molecule has 1 atom stereocenters. The van der Waals surface area contributed by atoms with Crippen molar-refractivity contribution in [3.8, 4) is 11.5 Å². The lowest BCUT2D eigenvalue weighted by Gasteiger charge is -2.16. The quantitative estimate of drug-likeness (QED) is 0.597. The minimum Gasteiger partial charge on any atom is -0.309 e. The highest BCUT2D eigenvalue weighted by atomic mass is 32.2. The van der Waals surface area contributed by atoms with E-state index in [1.54, 1.807) is 36.8 Å². The average Bonchev–Trinajstić information content (AvgIpc) is 3.55. The summed E-state index contributed by atoms with van der Waals surface area (Å²) in [4.78, 5) is 21.9. The zero-order chi connectivity index (χ0) is 23.0. The third-order valence-electron chi connectivity index (χ3n) is 5.67. The highest BCUT2D eigenvalue weighted by Crippen LogP contribution is 2.37. The Balaban J connectivity index is 1.32. The number of rotatable bonds is 6. The first-order valence-corrected chi connectivity index (χ1v) is 12.5. The summed E-state index contributed by atoms with van der Waals surface area (Å²) in [5, 5.41) is 11.0. The molecule has 0 saturated heterocycles. The summed E-state index contributed by atoms with van der Waals surface area (Å²) in [6, 6.07) is 9.33. The molecule has 1 fully saturated rings. The number of anilines is 1. The number of nitrogens with zero attached hydrogens (tertiary/aromatic N) is 5. The molecule has 1 saturated carbocycles. The average molecular weight is 463 g/mol. The standard InChI is InChI=1S/C23H22N6O3S/c1-33(31,32)18-9-5-15(6-10-18)16-11-12-24-20(13-16)23(30)27-21-4-2-3-19(26-21)22-28-25-14-29(22)17-7-8-17/h2-5,9-15,17H,6-8H2,1H3,(H,26,27,30). The summed E-state index contributed by atoms with van der Waals surface area (Å²) in [6.07, 6.45) is 12.4. The largest absolute Gasteiger partial charge is 0.309 e. The first kappa shape index (κ1) is 21.2. The van der Waals surface area contributed by atoms with Crippen LogP contribution in [0.3, 0.4) is 0 Å². The summed E-state index contributed by atoms with van der Waals surface area (Å²) in [5.41, 5.74) is 1.78. The van der Waals surface area contributed by atoms with Gasteiger partial charge in [0.05, 0.1) is 4.91 Å². The van der Waals surface area contributed by atoms with Crippen molar-refractivity contribution in [2.45, 2.75) is 31.2 Å². The van der Waals surface area contributed by atoms with Gasteiger partial charge in [-0.25, -0.2) is 13.4 Å². The summed E-state index contributed by atoms with van der Waals surface area (Å²) >= 11 is 0. The molecule has 0 aromatic carbocycles. The third-order valence-corrected chi connectivity index (χ3v) is 6.83.